The first-order chi connectivity index (χ1) is 10.0. The lowest BCUT2D eigenvalue weighted by Gasteiger charge is -2.13. The van der Waals surface area contributed by atoms with Crippen LogP contribution in [0, 0.1) is 5.41 Å². The van der Waals surface area contributed by atoms with Gasteiger partial charge in [0.15, 0.2) is 0 Å². The van der Waals surface area contributed by atoms with Gasteiger partial charge in [-0.1, -0.05) is 15.9 Å². The lowest BCUT2D eigenvalue weighted by Crippen LogP contribution is -2.12. The van der Waals surface area contributed by atoms with Crippen LogP contribution in [0.15, 0.2) is 45.3 Å². The molecule has 110 valence electrons. The molecule has 0 aliphatic rings. The van der Waals surface area contributed by atoms with E-state index < -0.39 is 0 Å². The van der Waals surface area contributed by atoms with Crippen LogP contribution in [0.2, 0.25) is 0 Å². The molecule has 0 bridgehead atoms. The first-order valence-corrected chi connectivity index (χ1v) is 7.69. The van der Waals surface area contributed by atoms with E-state index in [9.17, 15) is 0 Å². The molecule has 0 spiro atoms. The molecular formula is C15H14Br2N2O2. The molecule has 0 fully saturated rings. The minimum absolute atomic E-state index is 0.0173. The number of ether oxygens (including phenoxy) is 2. The summed E-state index contributed by atoms with van der Waals surface area (Å²) in [5.41, 5.74) is 6.99. The van der Waals surface area contributed by atoms with Gasteiger partial charge >= 0.3 is 0 Å². The summed E-state index contributed by atoms with van der Waals surface area (Å²) >= 11 is 6.85. The highest BCUT2D eigenvalue weighted by molar-refractivity contribution is 9.11. The molecule has 0 saturated carbocycles. The molecule has 21 heavy (non-hydrogen) atoms. The fourth-order valence-electron chi connectivity index (χ4n) is 1.81. The second kappa shape index (κ2) is 6.95. The van der Waals surface area contributed by atoms with Crippen molar-refractivity contribution in [2.45, 2.75) is 6.61 Å². The number of methoxy groups -OCH3 is 1. The number of nitrogens with one attached hydrogen (secondary N) is 1. The minimum atomic E-state index is 0.0173. The third-order valence-electron chi connectivity index (χ3n) is 2.87. The minimum Gasteiger partial charge on any atom is -0.496 e. The number of hydrogen-bond donors (Lipinski definition) is 2. The van der Waals surface area contributed by atoms with Crippen molar-refractivity contribution < 1.29 is 9.47 Å². The Balaban J connectivity index is 2.22. The highest BCUT2D eigenvalue weighted by Crippen LogP contribution is 2.30. The second-order valence-corrected chi connectivity index (χ2v) is 6.07. The molecule has 0 saturated heterocycles. The number of hydrogen-bond acceptors (Lipinski definition) is 3. The Labute approximate surface area is 140 Å². The smallest absolute Gasteiger partial charge is 0.134 e. The normalized spacial score (nSPS) is 10.2. The van der Waals surface area contributed by atoms with Crippen molar-refractivity contribution in [1.82, 2.24) is 0 Å². The predicted molar refractivity (Wildman–Crippen MR) is 90.2 cm³/mol. The van der Waals surface area contributed by atoms with Crippen molar-refractivity contribution in [3.05, 3.63) is 56.5 Å². The van der Waals surface area contributed by atoms with E-state index in [0.29, 0.717) is 17.9 Å². The summed E-state index contributed by atoms with van der Waals surface area (Å²) in [6.45, 7) is 0.324. The number of amidine groups is 1. The average Bonchev–Trinajstić information content (AvgIpc) is 2.46. The van der Waals surface area contributed by atoms with Crippen molar-refractivity contribution >= 4 is 37.7 Å². The monoisotopic (exact) mass is 412 g/mol. The zero-order chi connectivity index (χ0) is 15.4. The van der Waals surface area contributed by atoms with Crippen molar-refractivity contribution in [2.75, 3.05) is 7.11 Å². The number of nitrogens with two attached hydrogens (primary N) is 1. The highest BCUT2D eigenvalue weighted by atomic mass is 79.9. The quantitative estimate of drug-likeness (QED) is 0.573. The first-order valence-electron chi connectivity index (χ1n) is 6.10. The fourth-order valence-corrected chi connectivity index (χ4v) is 2.97. The number of halogens is 2. The third kappa shape index (κ3) is 3.98. The summed E-state index contributed by atoms with van der Waals surface area (Å²) in [7, 11) is 1.60. The summed E-state index contributed by atoms with van der Waals surface area (Å²) < 4.78 is 12.9. The second-order valence-electron chi connectivity index (χ2n) is 4.30. The van der Waals surface area contributed by atoms with E-state index in [1.54, 1.807) is 25.3 Å². The van der Waals surface area contributed by atoms with Gasteiger partial charge in [0.2, 0.25) is 0 Å². The van der Waals surface area contributed by atoms with E-state index in [1.165, 1.54) is 0 Å². The van der Waals surface area contributed by atoms with Crippen molar-refractivity contribution in [1.29, 1.82) is 5.41 Å². The summed E-state index contributed by atoms with van der Waals surface area (Å²) in [6, 6.07) is 11.0. The van der Waals surface area contributed by atoms with Crippen LogP contribution in [-0.2, 0) is 6.61 Å². The van der Waals surface area contributed by atoms with Gasteiger partial charge in [0.1, 0.15) is 23.9 Å². The molecule has 0 aromatic heterocycles. The van der Waals surface area contributed by atoms with Crippen LogP contribution < -0.4 is 15.2 Å². The maximum Gasteiger partial charge on any atom is 0.134 e. The van der Waals surface area contributed by atoms with Gasteiger partial charge in [-0.2, -0.15) is 0 Å². The van der Waals surface area contributed by atoms with E-state index >= 15 is 0 Å². The van der Waals surface area contributed by atoms with E-state index in [0.717, 1.165) is 20.3 Å². The Morgan fingerprint density at radius 2 is 1.86 bits per heavy atom. The molecule has 0 radical (unpaired) electrons. The Bertz CT molecular complexity index is 675. The molecule has 0 heterocycles. The van der Waals surface area contributed by atoms with Gasteiger partial charge in [-0.15, -0.1) is 0 Å². The predicted octanol–water partition coefficient (Wildman–Crippen LogP) is 4.08. The summed E-state index contributed by atoms with van der Waals surface area (Å²) in [5, 5.41) is 7.50. The first kappa shape index (κ1) is 15.9. The largest absolute Gasteiger partial charge is 0.496 e. The molecule has 0 amide bonds. The van der Waals surface area contributed by atoms with Gasteiger partial charge in [-0.3, -0.25) is 5.41 Å². The van der Waals surface area contributed by atoms with Gasteiger partial charge in [-0.05, 0) is 52.3 Å². The van der Waals surface area contributed by atoms with Crippen LogP contribution in [0.3, 0.4) is 0 Å². The zero-order valence-corrected chi connectivity index (χ0v) is 14.5. The van der Waals surface area contributed by atoms with Crippen LogP contribution in [0.4, 0.5) is 0 Å². The average molecular weight is 414 g/mol. The maximum absolute atomic E-state index is 7.50. The van der Waals surface area contributed by atoms with E-state index in [4.69, 9.17) is 20.6 Å². The molecule has 0 aliphatic heterocycles. The van der Waals surface area contributed by atoms with Crippen LogP contribution in [0.25, 0.3) is 0 Å². The van der Waals surface area contributed by atoms with Crippen LogP contribution in [-0.4, -0.2) is 12.9 Å². The number of benzene rings is 2. The molecule has 2 aromatic carbocycles. The molecular weight excluding hydrogens is 400 g/mol. The number of nitrogen functional groups attached to an aromatic ring is 1. The van der Waals surface area contributed by atoms with Gasteiger partial charge in [0.05, 0.1) is 11.6 Å². The van der Waals surface area contributed by atoms with E-state index in [2.05, 4.69) is 31.9 Å². The molecule has 0 unspecified atom stereocenters. The van der Waals surface area contributed by atoms with Gasteiger partial charge in [0.25, 0.3) is 0 Å². The standard InChI is InChI=1S/C15H14Br2N2O2/c1-20-13-4-2-9(15(18)19)6-10(13)8-21-14-5-3-11(16)7-12(14)17/h2-7H,8H2,1H3,(H3,18,19). The van der Waals surface area contributed by atoms with E-state index in [-0.39, 0.29) is 5.84 Å². The Morgan fingerprint density at radius 3 is 2.48 bits per heavy atom. The van der Waals surface area contributed by atoms with Crippen LogP contribution >= 0.6 is 31.9 Å². The number of rotatable bonds is 5. The lowest BCUT2D eigenvalue weighted by atomic mass is 10.1. The van der Waals surface area contributed by atoms with Crippen molar-refractivity contribution in [3.63, 3.8) is 0 Å². The molecule has 6 heteroatoms. The topological polar surface area (TPSA) is 68.3 Å². The SMILES string of the molecule is COc1ccc(C(=N)N)cc1COc1ccc(Br)cc1Br. The summed E-state index contributed by atoms with van der Waals surface area (Å²) in [6.07, 6.45) is 0. The lowest BCUT2D eigenvalue weighted by molar-refractivity contribution is 0.295. The van der Waals surface area contributed by atoms with Gasteiger partial charge in [-0.25, -0.2) is 0 Å². The van der Waals surface area contributed by atoms with Crippen LogP contribution in [0.5, 0.6) is 11.5 Å². The summed E-state index contributed by atoms with van der Waals surface area (Å²) in [4.78, 5) is 0. The Hall–Kier alpha value is -1.53. The Morgan fingerprint density at radius 1 is 1.14 bits per heavy atom. The third-order valence-corrected chi connectivity index (χ3v) is 3.98. The van der Waals surface area contributed by atoms with Crippen LogP contribution in [0.1, 0.15) is 11.1 Å². The summed E-state index contributed by atoms with van der Waals surface area (Å²) in [5.74, 6) is 1.45. The fraction of sp³-hybridized carbons (Fsp3) is 0.133. The Kier molecular flexibility index (Phi) is 5.25. The van der Waals surface area contributed by atoms with Crippen molar-refractivity contribution in [3.8, 4) is 11.5 Å². The van der Waals surface area contributed by atoms with Gasteiger partial charge in [0, 0.05) is 15.6 Å². The molecule has 0 aliphatic carbocycles. The molecule has 4 nitrogen and oxygen atoms in total. The highest BCUT2D eigenvalue weighted by Gasteiger charge is 2.08. The van der Waals surface area contributed by atoms with Crippen molar-refractivity contribution in [2.24, 2.45) is 5.73 Å². The molecule has 0 atom stereocenters. The molecule has 2 rings (SSSR count). The van der Waals surface area contributed by atoms with Gasteiger partial charge < -0.3 is 15.2 Å². The maximum atomic E-state index is 7.50. The van der Waals surface area contributed by atoms with E-state index in [1.807, 2.05) is 18.2 Å². The zero-order valence-electron chi connectivity index (χ0n) is 11.3. The molecule has 2 aromatic rings. The molecule has 3 N–H and O–H groups in total.